The standard InChI is InChI=1S/C23H36N4O3/c1-29-17-23(28)24-14-20-13-18-7-8-27(20)16-19(18)15-25-9-11-26(12-10-25)21-5-3-4-6-22(21)30-2/h3-6,18-20H,7-17H2,1-2H3,(H,24,28)/t18-,19-,20+/m0/s1. The summed E-state index contributed by atoms with van der Waals surface area (Å²) >= 11 is 0. The molecule has 1 amide bonds. The van der Waals surface area contributed by atoms with Gasteiger partial charge >= 0.3 is 0 Å². The molecule has 7 heteroatoms. The lowest BCUT2D eigenvalue weighted by atomic mass is 9.75. The first kappa shape index (κ1) is 21.4. The van der Waals surface area contributed by atoms with Crippen molar-refractivity contribution in [2.75, 3.05) is 78.1 Å². The molecular formula is C23H36N4O3. The third-order valence-corrected chi connectivity index (χ3v) is 7.12. The zero-order valence-corrected chi connectivity index (χ0v) is 18.4. The number of para-hydroxylation sites is 2. The van der Waals surface area contributed by atoms with Crippen molar-refractivity contribution in [2.45, 2.75) is 18.9 Å². The number of nitrogens with zero attached hydrogens (tertiary/aromatic N) is 3. The van der Waals surface area contributed by atoms with Crippen LogP contribution in [0.25, 0.3) is 0 Å². The molecule has 1 aromatic carbocycles. The van der Waals surface area contributed by atoms with Crippen molar-refractivity contribution in [3.05, 3.63) is 24.3 Å². The zero-order valence-electron chi connectivity index (χ0n) is 18.4. The van der Waals surface area contributed by atoms with E-state index in [1.54, 1.807) is 14.2 Å². The highest BCUT2D eigenvalue weighted by atomic mass is 16.5. The number of ether oxygens (including phenoxy) is 2. The molecule has 4 aliphatic rings. The van der Waals surface area contributed by atoms with Gasteiger partial charge in [0.2, 0.25) is 5.91 Å². The summed E-state index contributed by atoms with van der Waals surface area (Å²) in [6, 6.07) is 8.81. The summed E-state index contributed by atoms with van der Waals surface area (Å²) in [6.07, 6.45) is 2.51. The zero-order chi connectivity index (χ0) is 20.9. The lowest BCUT2D eigenvalue weighted by Gasteiger charge is -2.51. The largest absolute Gasteiger partial charge is 0.495 e. The van der Waals surface area contributed by atoms with Crippen molar-refractivity contribution >= 4 is 11.6 Å². The van der Waals surface area contributed by atoms with Gasteiger partial charge in [-0.3, -0.25) is 14.6 Å². The molecule has 0 spiro atoms. The molecule has 4 fully saturated rings. The number of benzene rings is 1. The van der Waals surface area contributed by atoms with Gasteiger partial charge in [0.15, 0.2) is 0 Å². The summed E-state index contributed by atoms with van der Waals surface area (Å²) < 4.78 is 10.5. The quantitative estimate of drug-likeness (QED) is 0.689. The van der Waals surface area contributed by atoms with E-state index in [0.717, 1.165) is 50.3 Å². The monoisotopic (exact) mass is 416 g/mol. The van der Waals surface area contributed by atoms with Crippen molar-refractivity contribution in [1.29, 1.82) is 0 Å². The molecule has 1 aromatic rings. The van der Waals surface area contributed by atoms with Gasteiger partial charge in [-0.15, -0.1) is 0 Å². The highest BCUT2D eigenvalue weighted by molar-refractivity contribution is 5.77. The summed E-state index contributed by atoms with van der Waals surface area (Å²) in [7, 11) is 3.31. The van der Waals surface area contributed by atoms with Crippen LogP contribution in [0.5, 0.6) is 5.75 Å². The molecule has 4 atom stereocenters. The van der Waals surface area contributed by atoms with E-state index < -0.39 is 0 Å². The minimum atomic E-state index is -0.00962. The van der Waals surface area contributed by atoms with E-state index in [4.69, 9.17) is 9.47 Å². The summed E-state index contributed by atoms with van der Waals surface area (Å²) in [5, 5.41) is 3.03. The van der Waals surface area contributed by atoms with Gasteiger partial charge in [-0.25, -0.2) is 0 Å². The first-order valence-electron chi connectivity index (χ1n) is 11.3. The van der Waals surface area contributed by atoms with Gasteiger partial charge in [0.05, 0.1) is 12.8 Å². The Bertz CT molecular complexity index is 707. The summed E-state index contributed by atoms with van der Waals surface area (Å²) in [4.78, 5) is 19.4. The van der Waals surface area contributed by atoms with E-state index in [9.17, 15) is 4.79 Å². The van der Waals surface area contributed by atoms with Crippen molar-refractivity contribution in [3.8, 4) is 5.75 Å². The minimum Gasteiger partial charge on any atom is -0.495 e. The Labute approximate surface area is 180 Å². The van der Waals surface area contributed by atoms with Crippen LogP contribution in [0.4, 0.5) is 5.69 Å². The highest BCUT2D eigenvalue weighted by Crippen LogP contribution is 2.37. The average molecular weight is 417 g/mol. The van der Waals surface area contributed by atoms with Gasteiger partial charge in [-0.2, -0.15) is 0 Å². The molecule has 1 N–H and O–H groups in total. The molecule has 0 radical (unpaired) electrons. The molecule has 5 rings (SSSR count). The number of carbonyl (C=O) groups is 1. The number of piperidine rings is 3. The van der Waals surface area contributed by atoms with E-state index in [1.807, 2.05) is 12.1 Å². The highest BCUT2D eigenvalue weighted by Gasteiger charge is 2.40. The second kappa shape index (κ2) is 9.98. The number of amides is 1. The molecular weight excluding hydrogens is 380 g/mol. The fourth-order valence-electron chi connectivity index (χ4n) is 5.48. The Kier molecular flexibility index (Phi) is 7.12. The normalized spacial score (nSPS) is 29.1. The number of piperazine rings is 1. The van der Waals surface area contributed by atoms with Crippen molar-refractivity contribution in [2.24, 2.45) is 11.8 Å². The number of hydrogen-bond donors (Lipinski definition) is 1. The Morgan fingerprint density at radius 3 is 2.63 bits per heavy atom. The Balaban J connectivity index is 1.24. The lowest BCUT2D eigenvalue weighted by molar-refractivity contribution is -0.125. The predicted octanol–water partition coefficient (Wildman–Crippen LogP) is 1.29. The van der Waals surface area contributed by atoms with Crippen molar-refractivity contribution in [3.63, 3.8) is 0 Å². The van der Waals surface area contributed by atoms with Crippen LogP contribution in [-0.2, 0) is 9.53 Å². The Morgan fingerprint density at radius 1 is 1.13 bits per heavy atom. The van der Waals surface area contributed by atoms with Crippen molar-refractivity contribution < 1.29 is 14.3 Å². The van der Waals surface area contributed by atoms with Crippen LogP contribution in [-0.4, -0.2) is 94.9 Å². The van der Waals surface area contributed by atoms with Crippen LogP contribution < -0.4 is 15.0 Å². The number of methoxy groups -OCH3 is 2. The Morgan fingerprint density at radius 2 is 1.93 bits per heavy atom. The molecule has 1 unspecified atom stereocenters. The molecule has 166 valence electrons. The molecule has 30 heavy (non-hydrogen) atoms. The predicted molar refractivity (Wildman–Crippen MR) is 118 cm³/mol. The van der Waals surface area contributed by atoms with E-state index in [0.29, 0.717) is 6.04 Å². The first-order valence-corrected chi connectivity index (χ1v) is 11.3. The van der Waals surface area contributed by atoms with E-state index in [2.05, 4.69) is 32.1 Å². The van der Waals surface area contributed by atoms with Gasteiger partial charge in [0.1, 0.15) is 12.4 Å². The smallest absolute Gasteiger partial charge is 0.246 e. The van der Waals surface area contributed by atoms with Crippen LogP contribution in [0.15, 0.2) is 24.3 Å². The molecule has 2 bridgehead atoms. The molecule has 0 aliphatic carbocycles. The number of hydrogen-bond acceptors (Lipinski definition) is 6. The molecule has 4 aliphatic heterocycles. The third-order valence-electron chi connectivity index (χ3n) is 7.12. The van der Waals surface area contributed by atoms with Gasteiger partial charge in [0.25, 0.3) is 0 Å². The van der Waals surface area contributed by atoms with E-state index in [-0.39, 0.29) is 12.5 Å². The first-order chi connectivity index (χ1) is 14.7. The van der Waals surface area contributed by atoms with Crippen LogP contribution in [0.1, 0.15) is 12.8 Å². The average Bonchev–Trinajstić information content (AvgIpc) is 2.79. The summed E-state index contributed by atoms with van der Waals surface area (Å²) in [5.74, 6) is 2.49. The van der Waals surface area contributed by atoms with E-state index >= 15 is 0 Å². The second-order valence-electron chi connectivity index (χ2n) is 8.89. The number of nitrogens with one attached hydrogen (secondary N) is 1. The fraction of sp³-hybridized carbons (Fsp3) is 0.696. The van der Waals surface area contributed by atoms with Crippen LogP contribution >= 0.6 is 0 Å². The minimum absolute atomic E-state index is 0.00962. The summed E-state index contributed by atoms with van der Waals surface area (Å²) in [6.45, 7) is 8.77. The molecule has 7 nitrogen and oxygen atoms in total. The number of rotatable bonds is 8. The van der Waals surface area contributed by atoms with Crippen LogP contribution in [0.2, 0.25) is 0 Å². The number of carbonyl (C=O) groups excluding carboxylic acids is 1. The maximum absolute atomic E-state index is 11.7. The second-order valence-corrected chi connectivity index (χ2v) is 8.89. The SMILES string of the molecule is COCC(=O)NC[C@H]1C[C@@H]2CCN1C[C@@H]2CN1CCN(c2ccccc2OC)CC1. The molecule has 4 saturated heterocycles. The number of anilines is 1. The van der Waals surface area contributed by atoms with Crippen LogP contribution in [0, 0.1) is 11.8 Å². The molecule has 4 heterocycles. The number of fused-ring (bicyclic) bond motifs is 3. The van der Waals surface area contributed by atoms with Gasteiger partial charge < -0.3 is 19.7 Å². The van der Waals surface area contributed by atoms with Gasteiger partial charge in [-0.05, 0) is 43.4 Å². The lowest BCUT2D eigenvalue weighted by Crippen LogP contribution is -2.59. The van der Waals surface area contributed by atoms with Crippen molar-refractivity contribution in [1.82, 2.24) is 15.1 Å². The summed E-state index contributed by atoms with van der Waals surface area (Å²) in [5.41, 5.74) is 1.21. The van der Waals surface area contributed by atoms with E-state index in [1.165, 1.54) is 38.2 Å². The fourth-order valence-corrected chi connectivity index (χ4v) is 5.48. The third kappa shape index (κ3) is 4.90. The van der Waals surface area contributed by atoms with Crippen LogP contribution in [0.3, 0.4) is 0 Å². The molecule has 0 saturated carbocycles. The van der Waals surface area contributed by atoms with Gasteiger partial charge in [0, 0.05) is 59.0 Å². The maximum atomic E-state index is 11.7. The van der Waals surface area contributed by atoms with Gasteiger partial charge in [-0.1, -0.05) is 12.1 Å². The Hall–Kier alpha value is -1.83. The topological polar surface area (TPSA) is 57.3 Å². The maximum Gasteiger partial charge on any atom is 0.246 e. The molecule has 0 aromatic heterocycles.